The van der Waals surface area contributed by atoms with E-state index in [0.717, 1.165) is 30.8 Å². The second kappa shape index (κ2) is 5.43. The molecule has 0 radical (unpaired) electrons. The molecule has 1 amide bonds. The molecule has 2 bridgehead atoms. The Morgan fingerprint density at radius 2 is 1.89 bits per heavy atom. The first kappa shape index (κ1) is 13.4. The predicted molar refractivity (Wildman–Crippen MR) is 76.8 cm³/mol. The number of amides is 1. The molecule has 1 heterocycles. The van der Waals surface area contributed by atoms with Crippen LogP contribution in [0.3, 0.4) is 0 Å². The average molecular weight is 264 g/mol. The molecule has 2 aliphatic carbocycles. The lowest BCUT2D eigenvalue weighted by molar-refractivity contribution is -0.132. The van der Waals surface area contributed by atoms with Crippen LogP contribution in [0.2, 0.25) is 0 Å². The fourth-order valence-electron chi connectivity index (χ4n) is 4.71. The van der Waals surface area contributed by atoms with Gasteiger partial charge in [-0.2, -0.15) is 0 Å². The van der Waals surface area contributed by atoms with E-state index in [9.17, 15) is 4.79 Å². The molecule has 0 aromatic carbocycles. The normalized spacial score (nSPS) is 36.7. The van der Waals surface area contributed by atoms with Crippen LogP contribution in [0.15, 0.2) is 0 Å². The van der Waals surface area contributed by atoms with Crippen molar-refractivity contribution in [2.75, 3.05) is 13.1 Å². The van der Waals surface area contributed by atoms with Gasteiger partial charge >= 0.3 is 0 Å². The molecule has 1 aliphatic heterocycles. The van der Waals surface area contributed by atoms with Gasteiger partial charge in [0, 0.05) is 19.1 Å². The van der Waals surface area contributed by atoms with Gasteiger partial charge in [0.1, 0.15) is 0 Å². The van der Waals surface area contributed by atoms with Crippen molar-refractivity contribution in [2.45, 2.75) is 64.5 Å². The van der Waals surface area contributed by atoms with Crippen LogP contribution >= 0.6 is 0 Å². The highest BCUT2D eigenvalue weighted by atomic mass is 16.2. The second-order valence-corrected chi connectivity index (χ2v) is 7.05. The van der Waals surface area contributed by atoms with Crippen LogP contribution in [0.25, 0.3) is 0 Å². The monoisotopic (exact) mass is 264 g/mol. The van der Waals surface area contributed by atoms with Crippen LogP contribution in [0.4, 0.5) is 0 Å². The molecular weight excluding hydrogens is 236 g/mol. The highest BCUT2D eigenvalue weighted by molar-refractivity contribution is 5.81. The molecule has 2 saturated carbocycles. The molecular formula is C16H28N2O. The molecule has 0 spiro atoms. The molecule has 1 saturated heterocycles. The Kier molecular flexibility index (Phi) is 3.84. The lowest BCUT2D eigenvalue weighted by Gasteiger charge is -2.31. The summed E-state index contributed by atoms with van der Waals surface area (Å²) in [5, 5.41) is 3.59. The van der Waals surface area contributed by atoms with Crippen molar-refractivity contribution >= 4 is 5.91 Å². The Morgan fingerprint density at radius 3 is 2.47 bits per heavy atom. The minimum atomic E-state index is -0.00720. The molecule has 0 aromatic rings. The topological polar surface area (TPSA) is 32.3 Å². The van der Waals surface area contributed by atoms with E-state index in [1.165, 1.54) is 38.5 Å². The van der Waals surface area contributed by atoms with Gasteiger partial charge in [0.25, 0.3) is 0 Å². The SMILES string of the molecule is CC(NC(C)C1CC2CCC1C2)C(=O)N1CCCC1. The number of hydrogen-bond acceptors (Lipinski definition) is 2. The Morgan fingerprint density at radius 1 is 1.16 bits per heavy atom. The lowest BCUT2D eigenvalue weighted by atomic mass is 9.84. The highest BCUT2D eigenvalue weighted by Crippen LogP contribution is 2.49. The number of carbonyl (C=O) groups excluding carboxylic acids is 1. The summed E-state index contributed by atoms with van der Waals surface area (Å²) >= 11 is 0. The van der Waals surface area contributed by atoms with Gasteiger partial charge in [0.2, 0.25) is 5.91 Å². The fraction of sp³-hybridized carbons (Fsp3) is 0.938. The highest BCUT2D eigenvalue weighted by Gasteiger charge is 2.42. The number of likely N-dealkylation sites (tertiary alicyclic amines) is 1. The Hall–Kier alpha value is -0.570. The van der Waals surface area contributed by atoms with Crippen LogP contribution in [0.1, 0.15) is 52.4 Å². The molecule has 3 heteroatoms. The third kappa shape index (κ3) is 2.67. The van der Waals surface area contributed by atoms with Crippen LogP contribution in [-0.4, -0.2) is 36.0 Å². The van der Waals surface area contributed by atoms with Gasteiger partial charge in [-0.3, -0.25) is 4.79 Å². The summed E-state index contributed by atoms with van der Waals surface area (Å²) in [5.74, 6) is 3.05. The smallest absolute Gasteiger partial charge is 0.239 e. The second-order valence-electron chi connectivity index (χ2n) is 7.05. The summed E-state index contributed by atoms with van der Waals surface area (Å²) < 4.78 is 0. The van der Waals surface area contributed by atoms with Crippen LogP contribution in [0.5, 0.6) is 0 Å². The molecule has 0 aromatic heterocycles. The molecule has 108 valence electrons. The zero-order chi connectivity index (χ0) is 13.4. The first-order valence-corrected chi connectivity index (χ1v) is 8.20. The minimum Gasteiger partial charge on any atom is -0.341 e. The van der Waals surface area contributed by atoms with Gasteiger partial charge in [0.05, 0.1) is 6.04 Å². The van der Waals surface area contributed by atoms with Gasteiger partial charge in [-0.25, -0.2) is 0 Å². The number of fused-ring (bicyclic) bond motifs is 2. The molecule has 5 unspecified atom stereocenters. The minimum absolute atomic E-state index is 0.00720. The van der Waals surface area contributed by atoms with Gasteiger partial charge in [0.15, 0.2) is 0 Å². The van der Waals surface area contributed by atoms with E-state index in [0.29, 0.717) is 11.9 Å². The molecule has 1 N–H and O–H groups in total. The van der Waals surface area contributed by atoms with Crippen molar-refractivity contribution in [1.82, 2.24) is 10.2 Å². The fourth-order valence-corrected chi connectivity index (χ4v) is 4.71. The van der Waals surface area contributed by atoms with Crippen LogP contribution in [0, 0.1) is 17.8 Å². The standard InChI is InChI=1S/C16H28N2O/c1-11(15-10-13-5-6-14(15)9-13)17-12(2)16(19)18-7-3-4-8-18/h11-15,17H,3-10H2,1-2H3. The maximum atomic E-state index is 12.3. The summed E-state index contributed by atoms with van der Waals surface area (Å²) in [6, 6.07) is 0.490. The van der Waals surface area contributed by atoms with E-state index >= 15 is 0 Å². The Balaban J connectivity index is 1.51. The largest absolute Gasteiger partial charge is 0.341 e. The zero-order valence-electron chi connectivity index (χ0n) is 12.4. The van der Waals surface area contributed by atoms with E-state index in [1.807, 2.05) is 11.8 Å². The summed E-state index contributed by atoms with van der Waals surface area (Å²) in [4.78, 5) is 14.4. The molecule has 3 aliphatic rings. The van der Waals surface area contributed by atoms with Crippen LogP contribution < -0.4 is 5.32 Å². The molecule has 3 rings (SSSR count). The number of carbonyl (C=O) groups is 1. The zero-order valence-corrected chi connectivity index (χ0v) is 12.4. The van der Waals surface area contributed by atoms with Crippen molar-refractivity contribution in [3.63, 3.8) is 0 Å². The third-order valence-electron chi connectivity index (χ3n) is 5.74. The maximum Gasteiger partial charge on any atom is 0.239 e. The number of nitrogens with zero attached hydrogens (tertiary/aromatic N) is 1. The van der Waals surface area contributed by atoms with Crippen molar-refractivity contribution in [3.05, 3.63) is 0 Å². The van der Waals surface area contributed by atoms with E-state index in [-0.39, 0.29) is 6.04 Å². The molecule has 3 nitrogen and oxygen atoms in total. The first-order chi connectivity index (χ1) is 9.15. The molecule has 3 fully saturated rings. The summed E-state index contributed by atoms with van der Waals surface area (Å²) in [6.45, 7) is 6.27. The van der Waals surface area contributed by atoms with Crippen LogP contribution in [-0.2, 0) is 4.79 Å². The Bertz CT molecular complexity index is 338. The van der Waals surface area contributed by atoms with Crippen molar-refractivity contribution < 1.29 is 4.79 Å². The Labute approximate surface area is 117 Å². The maximum absolute atomic E-state index is 12.3. The lowest BCUT2D eigenvalue weighted by Crippen LogP contribution is -2.49. The molecule has 19 heavy (non-hydrogen) atoms. The van der Waals surface area contributed by atoms with Crippen molar-refractivity contribution in [3.8, 4) is 0 Å². The van der Waals surface area contributed by atoms with Gasteiger partial charge in [-0.15, -0.1) is 0 Å². The van der Waals surface area contributed by atoms with Crippen molar-refractivity contribution in [2.24, 2.45) is 17.8 Å². The first-order valence-electron chi connectivity index (χ1n) is 8.20. The van der Waals surface area contributed by atoms with E-state index in [4.69, 9.17) is 0 Å². The van der Waals surface area contributed by atoms with E-state index in [1.54, 1.807) is 0 Å². The average Bonchev–Trinajstić information content (AvgIpc) is 3.13. The predicted octanol–water partition coefficient (Wildman–Crippen LogP) is 2.41. The number of rotatable bonds is 4. The summed E-state index contributed by atoms with van der Waals surface area (Å²) in [7, 11) is 0. The van der Waals surface area contributed by atoms with Gasteiger partial charge < -0.3 is 10.2 Å². The molecule has 5 atom stereocenters. The van der Waals surface area contributed by atoms with E-state index in [2.05, 4.69) is 12.2 Å². The number of hydrogen-bond donors (Lipinski definition) is 1. The van der Waals surface area contributed by atoms with E-state index < -0.39 is 0 Å². The number of nitrogens with one attached hydrogen (secondary N) is 1. The summed E-state index contributed by atoms with van der Waals surface area (Å²) in [6.07, 6.45) is 8.08. The third-order valence-corrected chi connectivity index (χ3v) is 5.74. The summed E-state index contributed by atoms with van der Waals surface area (Å²) in [5.41, 5.74) is 0. The van der Waals surface area contributed by atoms with Crippen molar-refractivity contribution in [1.29, 1.82) is 0 Å². The van der Waals surface area contributed by atoms with Gasteiger partial charge in [-0.05, 0) is 63.7 Å². The van der Waals surface area contributed by atoms with Gasteiger partial charge in [-0.1, -0.05) is 6.42 Å². The quantitative estimate of drug-likeness (QED) is 0.845.